The molecule has 0 fully saturated rings. The summed E-state index contributed by atoms with van der Waals surface area (Å²) in [5.74, 6) is 0.174. The summed E-state index contributed by atoms with van der Waals surface area (Å²) in [6.45, 7) is 1.78. The van der Waals surface area contributed by atoms with Gasteiger partial charge in [0, 0.05) is 25.5 Å². The van der Waals surface area contributed by atoms with Gasteiger partial charge in [-0.1, -0.05) is 12.1 Å². The van der Waals surface area contributed by atoms with Crippen LogP contribution >= 0.6 is 0 Å². The molecule has 0 heterocycles. The first-order valence-electron chi connectivity index (χ1n) is 8.89. The van der Waals surface area contributed by atoms with Crippen LogP contribution < -0.4 is 26.4 Å². The van der Waals surface area contributed by atoms with E-state index in [4.69, 9.17) is 10.5 Å². The van der Waals surface area contributed by atoms with Crippen LogP contribution in [-0.4, -0.2) is 46.0 Å². The maximum Gasteiger partial charge on any atom is 0.319 e. The zero-order chi connectivity index (χ0) is 22.5. The Labute approximate surface area is 175 Å². The van der Waals surface area contributed by atoms with Gasteiger partial charge in [0.2, 0.25) is 10.0 Å². The number of anilines is 2. The molecule has 0 aliphatic heterocycles. The third-order valence-electron chi connectivity index (χ3n) is 4.21. The first-order chi connectivity index (χ1) is 14.0. The predicted octanol–water partition coefficient (Wildman–Crippen LogP) is 2.32. The van der Waals surface area contributed by atoms with Crippen molar-refractivity contribution >= 4 is 33.5 Å². The fourth-order valence-electron chi connectivity index (χ4n) is 2.60. The van der Waals surface area contributed by atoms with Crippen LogP contribution in [0, 0.1) is 0 Å². The Balaban J connectivity index is 2.11. The van der Waals surface area contributed by atoms with Crippen molar-refractivity contribution < 1.29 is 22.7 Å². The van der Waals surface area contributed by atoms with Gasteiger partial charge in [0.15, 0.2) is 0 Å². The maximum absolute atomic E-state index is 12.5. The van der Waals surface area contributed by atoms with Crippen LogP contribution in [0.4, 0.5) is 21.0 Å². The third kappa shape index (κ3) is 5.61. The van der Waals surface area contributed by atoms with Crippen molar-refractivity contribution in [3.8, 4) is 5.75 Å². The number of primary amides is 1. The number of methoxy groups -OCH3 is 1. The summed E-state index contributed by atoms with van der Waals surface area (Å²) in [4.78, 5) is 23.2. The highest BCUT2D eigenvalue weighted by atomic mass is 32.2. The number of hydrogen-bond acceptors (Lipinski definition) is 5. The Morgan fingerprint density at radius 1 is 1.03 bits per heavy atom. The Bertz CT molecular complexity index is 1020. The maximum atomic E-state index is 12.5. The van der Waals surface area contributed by atoms with Gasteiger partial charge in [-0.05, 0) is 42.8 Å². The molecular weight excluding hydrogens is 410 g/mol. The first kappa shape index (κ1) is 23.0. The van der Waals surface area contributed by atoms with Gasteiger partial charge in [0.05, 0.1) is 13.2 Å². The molecule has 2 aromatic carbocycles. The van der Waals surface area contributed by atoms with Crippen LogP contribution in [0.5, 0.6) is 5.75 Å². The van der Waals surface area contributed by atoms with E-state index in [1.807, 2.05) is 0 Å². The van der Waals surface area contributed by atoms with Crippen LogP contribution in [0.25, 0.3) is 0 Å². The lowest BCUT2D eigenvalue weighted by Crippen LogP contribution is -2.31. The molecule has 0 bridgehead atoms. The summed E-state index contributed by atoms with van der Waals surface area (Å²) in [5, 5.41) is 7.84. The summed E-state index contributed by atoms with van der Waals surface area (Å²) < 4.78 is 31.2. The monoisotopic (exact) mass is 435 g/mol. The van der Waals surface area contributed by atoms with Crippen LogP contribution in [0.3, 0.4) is 0 Å². The molecule has 0 spiro atoms. The summed E-state index contributed by atoms with van der Waals surface area (Å²) in [7, 11) is 0.432. The van der Waals surface area contributed by atoms with E-state index < -0.39 is 22.1 Å². The zero-order valence-corrected chi connectivity index (χ0v) is 17.9. The average Bonchev–Trinajstić information content (AvgIpc) is 2.67. The van der Waals surface area contributed by atoms with Gasteiger partial charge in [0.25, 0.3) is 0 Å². The molecular formula is C19H25N5O5S. The van der Waals surface area contributed by atoms with E-state index in [0.717, 1.165) is 9.87 Å². The normalized spacial score (nSPS) is 12.2. The number of rotatable bonds is 7. The number of ether oxygens (including phenoxy) is 1. The van der Waals surface area contributed by atoms with Crippen LogP contribution in [0.2, 0.25) is 0 Å². The van der Waals surface area contributed by atoms with Crippen molar-refractivity contribution in [2.24, 2.45) is 5.73 Å². The second kappa shape index (κ2) is 9.46. The number of carbonyl (C=O) groups excluding carboxylic acids is 2. The molecule has 30 heavy (non-hydrogen) atoms. The summed E-state index contributed by atoms with van der Waals surface area (Å²) in [6, 6.07) is 9.64. The highest BCUT2D eigenvalue weighted by Crippen LogP contribution is 2.29. The lowest BCUT2D eigenvalue weighted by Gasteiger charge is -2.18. The van der Waals surface area contributed by atoms with Gasteiger partial charge in [0.1, 0.15) is 10.6 Å². The van der Waals surface area contributed by atoms with Crippen LogP contribution in [0.1, 0.15) is 18.5 Å². The van der Waals surface area contributed by atoms with Crippen LogP contribution in [-0.2, 0) is 10.0 Å². The molecule has 11 heteroatoms. The molecule has 5 N–H and O–H groups in total. The molecule has 162 valence electrons. The summed E-state index contributed by atoms with van der Waals surface area (Å²) >= 11 is 0. The molecule has 2 aromatic rings. The minimum Gasteiger partial charge on any atom is -0.495 e. The van der Waals surface area contributed by atoms with E-state index in [1.165, 1.54) is 33.3 Å². The molecule has 0 aliphatic rings. The fraction of sp³-hybridized carbons (Fsp3) is 0.263. The van der Waals surface area contributed by atoms with Gasteiger partial charge < -0.3 is 26.4 Å². The van der Waals surface area contributed by atoms with Crippen molar-refractivity contribution in [3.63, 3.8) is 0 Å². The van der Waals surface area contributed by atoms with Crippen molar-refractivity contribution in [1.29, 1.82) is 0 Å². The van der Waals surface area contributed by atoms with Crippen LogP contribution in [0.15, 0.2) is 47.4 Å². The SMILES string of the molecule is COc1ccc(NC(=O)NC(C)c2ccc(NC(N)=O)cc2)cc1S(=O)(=O)N(C)C. The Morgan fingerprint density at radius 2 is 1.63 bits per heavy atom. The summed E-state index contributed by atoms with van der Waals surface area (Å²) in [5.41, 5.74) is 6.70. The minimum absolute atomic E-state index is 0.0570. The molecule has 0 radical (unpaired) electrons. The highest BCUT2D eigenvalue weighted by molar-refractivity contribution is 7.89. The molecule has 1 atom stereocenters. The quantitative estimate of drug-likeness (QED) is 0.528. The lowest BCUT2D eigenvalue weighted by molar-refractivity contribution is 0.249. The largest absolute Gasteiger partial charge is 0.495 e. The van der Waals surface area contributed by atoms with E-state index in [-0.39, 0.29) is 16.7 Å². The van der Waals surface area contributed by atoms with Crippen molar-refractivity contribution in [2.75, 3.05) is 31.8 Å². The number of hydrogen-bond donors (Lipinski definition) is 4. The highest BCUT2D eigenvalue weighted by Gasteiger charge is 2.23. The van der Waals surface area contributed by atoms with E-state index >= 15 is 0 Å². The smallest absolute Gasteiger partial charge is 0.319 e. The molecule has 0 saturated heterocycles. The number of carbonyl (C=O) groups is 2. The number of nitrogens with zero attached hydrogens (tertiary/aromatic N) is 1. The van der Waals surface area contributed by atoms with Gasteiger partial charge in [-0.25, -0.2) is 22.3 Å². The van der Waals surface area contributed by atoms with Crippen molar-refractivity contribution in [2.45, 2.75) is 17.9 Å². The second-order valence-corrected chi connectivity index (χ2v) is 8.70. The Morgan fingerprint density at radius 3 is 2.17 bits per heavy atom. The third-order valence-corrected chi connectivity index (χ3v) is 6.04. The molecule has 0 aliphatic carbocycles. The molecule has 1 unspecified atom stereocenters. The van der Waals surface area contributed by atoms with E-state index in [2.05, 4.69) is 16.0 Å². The van der Waals surface area contributed by atoms with Crippen molar-refractivity contribution in [3.05, 3.63) is 48.0 Å². The Kier molecular flexibility index (Phi) is 7.24. The number of nitrogens with two attached hydrogens (primary N) is 1. The first-order valence-corrected chi connectivity index (χ1v) is 10.3. The number of nitrogens with one attached hydrogen (secondary N) is 3. The predicted molar refractivity (Wildman–Crippen MR) is 114 cm³/mol. The van der Waals surface area contributed by atoms with Gasteiger partial charge in [-0.3, -0.25) is 0 Å². The number of amides is 4. The van der Waals surface area contributed by atoms with E-state index in [1.54, 1.807) is 37.3 Å². The number of urea groups is 2. The van der Waals surface area contributed by atoms with E-state index in [0.29, 0.717) is 11.4 Å². The lowest BCUT2D eigenvalue weighted by atomic mass is 10.1. The van der Waals surface area contributed by atoms with Gasteiger partial charge in [-0.15, -0.1) is 0 Å². The average molecular weight is 436 g/mol. The Hall–Kier alpha value is -3.31. The molecule has 10 nitrogen and oxygen atoms in total. The minimum atomic E-state index is -3.76. The fourth-order valence-corrected chi connectivity index (χ4v) is 3.67. The van der Waals surface area contributed by atoms with Gasteiger partial charge >= 0.3 is 12.1 Å². The number of benzene rings is 2. The number of sulfonamides is 1. The second-order valence-electron chi connectivity index (χ2n) is 6.58. The standard InChI is InChI=1S/C19H25N5O5S/c1-12(13-5-7-14(8-6-13)22-18(20)25)21-19(26)23-15-9-10-16(29-4)17(11-15)30(27,28)24(2)3/h5-12H,1-4H3,(H3,20,22,25)(H2,21,23,26). The van der Waals surface area contributed by atoms with Crippen molar-refractivity contribution in [1.82, 2.24) is 9.62 Å². The topological polar surface area (TPSA) is 143 Å². The zero-order valence-electron chi connectivity index (χ0n) is 17.1. The molecule has 0 saturated carbocycles. The molecule has 0 aromatic heterocycles. The van der Waals surface area contributed by atoms with E-state index in [9.17, 15) is 18.0 Å². The van der Waals surface area contributed by atoms with Gasteiger partial charge in [-0.2, -0.15) is 0 Å². The molecule has 4 amide bonds. The molecule has 2 rings (SSSR count). The summed E-state index contributed by atoms with van der Waals surface area (Å²) in [6.07, 6.45) is 0.